The van der Waals surface area contributed by atoms with Gasteiger partial charge in [0.2, 0.25) is 5.91 Å². The minimum absolute atomic E-state index is 0. The van der Waals surface area contributed by atoms with Gasteiger partial charge in [-0.1, -0.05) is 12.1 Å². The third-order valence-electron chi connectivity index (χ3n) is 3.81. The number of hydrogen-bond acceptors (Lipinski definition) is 4. The Hall–Kier alpha value is -1.01. The lowest BCUT2D eigenvalue weighted by Gasteiger charge is -2.12. The first-order valence-electron chi connectivity index (χ1n) is 8.00. The van der Waals surface area contributed by atoms with E-state index in [0.717, 1.165) is 30.8 Å². The molecule has 1 aliphatic rings. The number of hydrogen-bond donors (Lipinski definition) is 2. The summed E-state index contributed by atoms with van der Waals surface area (Å²) in [6, 6.07) is 8.26. The molecule has 1 aliphatic heterocycles. The van der Waals surface area contributed by atoms with Crippen molar-refractivity contribution in [2.24, 2.45) is 0 Å². The highest BCUT2D eigenvalue weighted by Gasteiger charge is 2.17. The fourth-order valence-corrected chi connectivity index (χ4v) is 2.48. The summed E-state index contributed by atoms with van der Waals surface area (Å²) in [6.45, 7) is 3.18. The molecule has 2 rings (SSSR count). The maximum absolute atomic E-state index is 11.9. The first-order valence-corrected chi connectivity index (χ1v) is 8.00. The largest absolute Gasteiger partial charge is 0.492 e. The lowest BCUT2D eigenvalue weighted by Crippen LogP contribution is -2.31. The van der Waals surface area contributed by atoms with Gasteiger partial charge in [-0.05, 0) is 51.2 Å². The quantitative estimate of drug-likeness (QED) is 0.729. The number of benzene rings is 1. The summed E-state index contributed by atoms with van der Waals surface area (Å²) < 4.78 is 5.65. The van der Waals surface area contributed by atoms with E-state index in [1.807, 2.05) is 38.4 Å². The van der Waals surface area contributed by atoms with Gasteiger partial charge in [-0.25, -0.2) is 0 Å². The summed E-state index contributed by atoms with van der Waals surface area (Å²) in [5.74, 6) is 0.984. The second kappa shape index (κ2) is 12.4. The number of likely N-dealkylation sites (N-methyl/N-ethyl adjacent to an activating group) is 1. The second-order valence-corrected chi connectivity index (χ2v) is 6.07. The second-order valence-electron chi connectivity index (χ2n) is 6.07. The van der Waals surface area contributed by atoms with Crippen molar-refractivity contribution in [3.05, 3.63) is 29.8 Å². The van der Waals surface area contributed by atoms with Gasteiger partial charge in [-0.15, -0.1) is 24.8 Å². The number of carbonyl (C=O) groups excluding carboxylic acids is 1. The fraction of sp³-hybridized carbons (Fsp3) is 0.588. The zero-order valence-corrected chi connectivity index (χ0v) is 16.0. The van der Waals surface area contributed by atoms with E-state index in [1.54, 1.807) is 0 Å². The van der Waals surface area contributed by atoms with Crippen molar-refractivity contribution in [2.45, 2.75) is 31.8 Å². The van der Waals surface area contributed by atoms with E-state index in [9.17, 15) is 4.79 Å². The Kier molecular flexibility index (Phi) is 11.8. The van der Waals surface area contributed by atoms with Crippen LogP contribution >= 0.6 is 24.8 Å². The summed E-state index contributed by atoms with van der Waals surface area (Å²) in [7, 11) is 4.05. The number of amides is 1. The lowest BCUT2D eigenvalue weighted by atomic mass is 10.1. The molecule has 0 radical (unpaired) electrons. The van der Waals surface area contributed by atoms with E-state index in [0.29, 0.717) is 25.6 Å². The molecule has 1 saturated heterocycles. The predicted molar refractivity (Wildman–Crippen MR) is 102 cm³/mol. The van der Waals surface area contributed by atoms with Crippen molar-refractivity contribution in [1.82, 2.24) is 15.5 Å². The highest BCUT2D eigenvalue weighted by Crippen LogP contribution is 2.12. The normalized spacial score (nSPS) is 16.2. The SMILES string of the molecule is CN(C)CCOc1ccc(CNC(=O)CC2CCCN2)cc1.Cl.Cl. The minimum atomic E-state index is 0. The van der Waals surface area contributed by atoms with E-state index >= 15 is 0 Å². The maximum Gasteiger partial charge on any atom is 0.221 e. The van der Waals surface area contributed by atoms with Gasteiger partial charge in [0.1, 0.15) is 12.4 Å². The van der Waals surface area contributed by atoms with Crippen LogP contribution in [0.2, 0.25) is 0 Å². The molecule has 0 aromatic heterocycles. The van der Waals surface area contributed by atoms with Crippen LogP contribution in [0.1, 0.15) is 24.8 Å². The predicted octanol–water partition coefficient (Wildman–Crippen LogP) is 2.23. The summed E-state index contributed by atoms with van der Waals surface area (Å²) in [4.78, 5) is 14.0. The molecule has 0 spiro atoms. The first-order chi connectivity index (χ1) is 10.6. The van der Waals surface area contributed by atoms with E-state index in [2.05, 4.69) is 15.5 Å². The van der Waals surface area contributed by atoms with Crippen molar-refractivity contribution >= 4 is 30.7 Å². The molecule has 1 fully saturated rings. The fourth-order valence-electron chi connectivity index (χ4n) is 2.48. The average molecular weight is 378 g/mol. The smallest absolute Gasteiger partial charge is 0.221 e. The maximum atomic E-state index is 11.9. The van der Waals surface area contributed by atoms with Gasteiger partial charge in [0.25, 0.3) is 0 Å². The van der Waals surface area contributed by atoms with Crippen molar-refractivity contribution in [3.8, 4) is 5.75 Å². The molecule has 1 aromatic carbocycles. The molecule has 1 amide bonds. The van der Waals surface area contributed by atoms with Crippen LogP contribution in [0, 0.1) is 0 Å². The number of nitrogens with one attached hydrogen (secondary N) is 2. The van der Waals surface area contributed by atoms with Crippen LogP contribution in [-0.4, -0.2) is 50.6 Å². The zero-order chi connectivity index (χ0) is 15.8. The van der Waals surface area contributed by atoms with E-state index in [-0.39, 0.29) is 30.7 Å². The zero-order valence-electron chi connectivity index (χ0n) is 14.4. The van der Waals surface area contributed by atoms with Gasteiger partial charge < -0.3 is 20.3 Å². The molecule has 7 heteroatoms. The van der Waals surface area contributed by atoms with Gasteiger partial charge in [0.15, 0.2) is 0 Å². The molecular formula is C17H29Cl2N3O2. The van der Waals surface area contributed by atoms with Crippen molar-refractivity contribution < 1.29 is 9.53 Å². The third-order valence-corrected chi connectivity index (χ3v) is 3.81. The summed E-state index contributed by atoms with van der Waals surface area (Å²) >= 11 is 0. The molecule has 5 nitrogen and oxygen atoms in total. The minimum Gasteiger partial charge on any atom is -0.492 e. The van der Waals surface area contributed by atoms with Crippen LogP contribution in [0.25, 0.3) is 0 Å². The Morgan fingerprint density at radius 3 is 2.58 bits per heavy atom. The Morgan fingerprint density at radius 2 is 2.00 bits per heavy atom. The highest BCUT2D eigenvalue weighted by molar-refractivity contribution is 5.85. The van der Waals surface area contributed by atoms with Crippen LogP contribution in [0.5, 0.6) is 5.75 Å². The molecule has 0 bridgehead atoms. The van der Waals surface area contributed by atoms with Crippen LogP contribution in [0.4, 0.5) is 0 Å². The Labute approximate surface area is 157 Å². The van der Waals surface area contributed by atoms with Gasteiger partial charge in [0, 0.05) is 25.6 Å². The molecule has 0 aliphatic carbocycles. The number of rotatable bonds is 8. The first kappa shape index (κ1) is 23.0. The lowest BCUT2D eigenvalue weighted by molar-refractivity contribution is -0.121. The van der Waals surface area contributed by atoms with Crippen molar-refractivity contribution in [1.29, 1.82) is 0 Å². The van der Waals surface area contributed by atoms with Gasteiger partial charge in [-0.2, -0.15) is 0 Å². The Morgan fingerprint density at radius 1 is 1.29 bits per heavy atom. The number of nitrogens with zero attached hydrogens (tertiary/aromatic N) is 1. The Balaban J connectivity index is 0.00000264. The van der Waals surface area contributed by atoms with Gasteiger partial charge in [0.05, 0.1) is 0 Å². The molecule has 1 heterocycles. The molecule has 1 aromatic rings. The number of ether oxygens (including phenoxy) is 1. The molecule has 0 saturated carbocycles. The van der Waals surface area contributed by atoms with E-state index in [1.165, 1.54) is 6.42 Å². The summed E-state index contributed by atoms with van der Waals surface area (Å²) in [5, 5.41) is 6.32. The molecule has 2 N–H and O–H groups in total. The van der Waals surface area contributed by atoms with Crippen LogP contribution in [-0.2, 0) is 11.3 Å². The van der Waals surface area contributed by atoms with Crippen LogP contribution in [0.15, 0.2) is 24.3 Å². The number of halogens is 2. The summed E-state index contributed by atoms with van der Waals surface area (Å²) in [6.07, 6.45) is 2.85. The van der Waals surface area contributed by atoms with Gasteiger partial charge in [-0.3, -0.25) is 4.79 Å². The molecule has 1 unspecified atom stereocenters. The monoisotopic (exact) mass is 377 g/mol. The van der Waals surface area contributed by atoms with E-state index < -0.39 is 0 Å². The topological polar surface area (TPSA) is 53.6 Å². The van der Waals surface area contributed by atoms with Crippen molar-refractivity contribution in [2.75, 3.05) is 33.8 Å². The number of carbonyl (C=O) groups is 1. The standard InChI is InChI=1S/C17H27N3O2.2ClH/c1-20(2)10-11-22-16-7-5-14(6-8-16)13-19-17(21)12-15-4-3-9-18-15;;/h5-8,15,18H,3-4,9-13H2,1-2H3,(H,19,21);2*1H. The molecule has 24 heavy (non-hydrogen) atoms. The highest BCUT2D eigenvalue weighted by atomic mass is 35.5. The van der Waals surface area contributed by atoms with Crippen LogP contribution in [0.3, 0.4) is 0 Å². The molecular weight excluding hydrogens is 349 g/mol. The average Bonchev–Trinajstić information content (AvgIpc) is 2.99. The van der Waals surface area contributed by atoms with E-state index in [4.69, 9.17) is 4.74 Å². The summed E-state index contributed by atoms with van der Waals surface area (Å²) in [5.41, 5.74) is 1.09. The third kappa shape index (κ3) is 8.73. The van der Waals surface area contributed by atoms with Crippen molar-refractivity contribution in [3.63, 3.8) is 0 Å². The molecule has 1 atom stereocenters. The van der Waals surface area contributed by atoms with Gasteiger partial charge >= 0.3 is 0 Å². The Bertz CT molecular complexity index is 463. The van der Waals surface area contributed by atoms with Crippen LogP contribution < -0.4 is 15.4 Å². The molecule has 138 valence electrons.